The normalized spacial score (nSPS) is 12.2. The first-order valence-corrected chi connectivity index (χ1v) is 11.0. The predicted molar refractivity (Wildman–Crippen MR) is 125 cm³/mol. The molecule has 3 aromatic carbocycles. The van der Waals surface area contributed by atoms with Gasteiger partial charge in [-0.1, -0.05) is 42.5 Å². The first kappa shape index (κ1) is 22.1. The van der Waals surface area contributed by atoms with Crippen molar-refractivity contribution in [3.8, 4) is 22.9 Å². The van der Waals surface area contributed by atoms with Crippen LogP contribution in [0.4, 0.5) is 0 Å². The molecule has 0 saturated carbocycles. The third-order valence-corrected chi connectivity index (χ3v) is 5.69. The number of nitrogens with zero attached hydrogens (tertiary/aromatic N) is 1. The van der Waals surface area contributed by atoms with Crippen LogP contribution in [-0.2, 0) is 28.9 Å². The topological polar surface area (TPSA) is 91.2 Å². The van der Waals surface area contributed by atoms with E-state index in [1.807, 2.05) is 30.3 Å². The molecule has 0 bridgehead atoms. The standard InChI is InChI=1S/C27H25N3O3/c28-17-19-5-8-22(9-6-19)23-11-13-25(14-12-23)33-18-27(32)30-29-26(31)16-20-7-10-21-3-1-2-4-24(21)15-20/h5-15H,1-4,16,18H2,(H,29,31)(H,30,32). The molecule has 2 N–H and O–H groups in total. The molecule has 0 heterocycles. The van der Waals surface area contributed by atoms with Gasteiger partial charge in [-0.05, 0) is 77.8 Å². The van der Waals surface area contributed by atoms with Gasteiger partial charge in [-0.25, -0.2) is 0 Å². The highest BCUT2D eigenvalue weighted by atomic mass is 16.5. The molecule has 0 saturated heterocycles. The molecule has 0 spiro atoms. The Labute approximate surface area is 193 Å². The second kappa shape index (κ2) is 10.5. The van der Waals surface area contributed by atoms with Crippen LogP contribution in [0.2, 0.25) is 0 Å². The number of carbonyl (C=O) groups is 2. The van der Waals surface area contributed by atoms with Gasteiger partial charge in [0.25, 0.3) is 5.91 Å². The van der Waals surface area contributed by atoms with Crippen LogP contribution in [-0.4, -0.2) is 18.4 Å². The SMILES string of the molecule is N#Cc1ccc(-c2ccc(OCC(=O)NNC(=O)Cc3ccc4c(c3)CCCC4)cc2)cc1. The van der Waals surface area contributed by atoms with Crippen molar-refractivity contribution in [1.82, 2.24) is 10.9 Å². The van der Waals surface area contributed by atoms with Gasteiger partial charge in [0.1, 0.15) is 5.75 Å². The van der Waals surface area contributed by atoms with Crippen molar-refractivity contribution in [3.05, 3.63) is 89.0 Å². The summed E-state index contributed by atoms with van der Waals surface area (Å²) in [5, 5.41) is 8.89. The van der Waals surface area contributed by atoms with Gasteiger partial charge in [-0.3, -0.25) is 20.4 Å². The van der Waals surface area contributed by atoms with Crippen molar-refractivity contribution in [2.24, 2.45) is 0 Å². The molecule has 0 unspecified atom stereocenters. The first-order valence-electron chi connectivity index (χ1n) is 11.0. The Kier molecular flexibility index (Phi) is 7.01. The van der Waals surface area contributed by atoms with E-state index >= 15 is 0 Å². The summed E-state index contributed by atoms with van der Waals surface area (Å²) in [6, 6.07) is 22.9. The minimum atomic E-state index is -0.440. The van der Waals surface area contributed by atoms with E-state index < -0.39 is 5.91 Å². The van der Waals surface area contributed by atoms with Crippen molar-refractivity contribution in [3.63, 3.8) is 0 Å². The number of hydrogen-bond donors (Lipinski definition) is 2. The molecule has 33 heavy (non-hydrogen) atoms. The van der Waals surface area contributed by atoms with Crippen LogP contribution in [0, 0.1) is 11.3 Å². The van der Waals surface area contributed by atoms with Crippen molar-refractivity contribution in [2.45, 2.75) is 32.1 Å². The summed E-state index contributed by atoms with van der Waals surface area (Å²) in [5.41, 5.74) is 11.1. The summed E-state index contributed by atoms with van der Waals surface area (Å²) in [4.78, 5) is 24.2. The smallest absolute Gasteiger partial charge is 0.276 e. The van der Waals surface area contributed by atoms with E-state index in [9.17, 15) is 9.59 Å². The first-order chi connectivity index (χ1) is 16.1. The zero-order valence-electron chi connectivity index (χ0n) is 18.3. The Balaban J connectivity index is 1.21. The van der Waals surface area contributed by atoms with Crippen LogP contribution in [0.25, 0.3) is 11.1 Å². The molecule has 3 aromatic rings. The second-order valence-corrected chi connectivity index (χ2v) is 8.09. The van der Waals surface area contributed by atoms with E-state index in [2.05, 4.69) is 29.1 Å². The van der Waals surface area contributed by atoms with Crippen LogP contribution < -0.4 is 15.6 Å². The summed E-state index contributed by atoms with van der Waals surface area (Å²) < 4.78 is 5.50. The number of nitrogens with one attached hydrogen (secondary N) is 2. The van der Waals surface area contributed by atoms with Crippen LogP contribution >= 0.6 is 0 Å². The van der Waals surface area contributed by atoms with E-state index in [-0.39, 0.29) is 18.9 Å². The fraction of sp³-hybridized carbons (Fsp3) is 0.222. The van der Waals surface area contributed by atoms with Gasteiger partial charge >= 0.3 is 0 Å². The summed E-state index contributed by atoms with van der Waals surface area (Å²) in [7, 11) is 0. The molecule has 0 fully saturated rings. The fourth-order valence-corrected chi connectivity index (χ4v) is 3.93. The number of amides is 2. The Morgan fingerprint density at radius 2 is 1.45 bits per heavy atom. The number of ether oxygens (including phenoxy) is 1. The van der Waals surface area contributed by atoms with E-state index in [1.165, 1.54) is 24.0 Å². The van der Waals surface area contributed by atoms with Gasteiger partial charge in [0, 0.05) is 0 Å². The maximum absolute atomic E-state index is 12.2. The van der Waals surface area contributed by atoms with Gasteiger partial charge in [-0.2, -0.15) is 5.26 Å². The largest absolute Gasteiger partial charge is 0.484 e. The average Bonchev–Trinajstić information content (AvgIpc) is 2.86. The molecular weight excluding hydrogens is 414 g/mol. The number of carbonyl (C=O) groups excluding carboxylic acids is 2. The Hall–Kier alpha value is -4.11. The Morgan fingerprint density at radius 1 is 0.818 bits per heavy atom. The third kappa shape index (κ3) is 5.98. The van der Waals surface area contributed by atoms with Gasteiger partial charge in [0.15, 0.2) is 6.61 Å². The van der Waals surface area contributed by atoms with E-state index in [1.54, 1.807) is 24.3 Å². The highest BCUT2D eigenvalue weighted by Gasteiger charge is 2.12. The number of nitriles is 1. The van der Waals surface area contributed by atoms with Crippen molar-refractivity contribution >= 4 is 11.8 Å². The zero-order chi connectivity index (χ0) is 23.0. The highest BCUT2D eigenvalue weighted by molar-refractivity contribution is 5.84. The molecule has 6 heteroatoms. The maximum atomic E-state index is 12.2. The molecule has 0 aromatic heterocycles. The van der Waals surface area contributed by atoms with Crippen LogP contribution in [0.15, 0.2) is 66.7 Å². The quantitative estimate of drug-likeness (QED) is 0.571. The molecule has 166 valence electrons. The number of aryl methyl sites for hydroxylation is 2. The lowest BCUT2D eigenvalue weighted by atomic mass is 9.90. The monoisotopic (exact) mass is 439 g/mol. The lowest BCUT2D eigenvalue weighted by Crippen LogP contribution is -2.44. The highest BCUT2D eigenvalue weighted by Crippen LogP contribution is 2.23. The lowest BCUT2D eigenvalue weighted by molar-refractivity contribution is -0.129. The molecule has 1 aliphatic rings. The van der Waals surface area contributed by atoms with Crippen LogP contribution in [0.5, 0.6) is 5.75 Å². The summed E-state index contributed by atoms with van der Waals surface area (Å²) in [5.74, 6) is -0.168. The Morgan fingerprint density at radius 3 is 2.15 bits per heavy atom. The third-order valence-electron chi connectivity index (χ3n) is 5.69. The molecule has 2 amide bonds. The van der Waals surface area contributed by atoms with E-state index in [0.717, 1.165) is 29.5 Å². The number of rotatable bonds is 6. The number of hydrogen-bond acceptors (Lipinski definition) is 4. The summed E-state index contributed by atoms with van der Waals surface area (Å²) in [6.07, 6.45) is 4.80. The molecule has 0 radical (unpaired) electrons. The number of benzene rings is 3. The fourth-order valence-electron chi connectivity index (χ4n) is 3.93. The average molecular weight is 440 g/mol. The minimum Gasteiger partial charge on any atom is -0.484 e. The number of fused-ring (bicyclic) bond motifs is 1. The number of hydrazine groups is 1. The summed E-state index contributed by atoms with van der Waals surface area (Å²) in [6.45, 7) is -0.213. The van der Waals surface area contributed by atoms with Gasteiger partial charge in [-0.15, -0.1) is 0 Å². The van der Waals surface area contributed by atoms with Gasteiger partial charge < -0.3 is 4.74 Å². The minimum absolute atomic E-state index is 0.213. The van der Waals surface area contributed by atoms with Crippen LogP contribution in [0.1, 0.15) is 35.1 Å². The van der Waals surface area contributed by atoms with E-state index in [4.69, 9.17) is 10.00 Å². The van der Waals surface area contributed by atoms with Gasteiger partial charge in [0.05, 0.1) is 18.1 Å². The molecule has 0 aliphatic heterocycles. The van der Waals surface area contributed by atoms with E-state index in [0.29, 0.717) is 11.3 Å². The van der Waals surface area contributed by atoms with Gasteiger partial charge in [0.2, 0.25) is 5.91 Å². The molecule has 6 nitrogen and oxygen atoms in total. The lowest BCUT2D eigenvalue weighted by Gasteiger charge is -2.16. The van der Waals surface area contributed by atoms with Crippen LogP contribution in [0.3, 0.4) is 0 Å². The Bertz CT molecular complexity index is 1180. The van der Waals surface area contributed by atoms with Crippen molar-refractivity contribution in [1.29, 1.82) is 5.26 Å². The zero-order valence-corrected chi connectivity index (χ0v) is 18.3. The predicted octanol–water partition coefficient (Wildman–Crippen LogP) is 3.87. The van der Waals surface area contributed by atoms with Crippen molar-refractivity contribution in [2.75, 3.05) is 6.61 Å². The van der Waals surface area contributed by atoms with Crippen molar-refractivity contribution < 1.29 is 14.3 Å². The summed E-state index contributed by atoms with van der Waals surface area (Å²) >= 11 is 0. The molecule has 0 atom stereocenters. The molecule has 4 rings (SSSR count). The second-order valence-electron chi connectivity index (χ2n) is 8.09. The molecular formula is C27H25N3O3. The molecule has 1 aliphatic carbocycles. The maximum Gasteiger partial charge on any atom is 0.276 e.